The molecular formula is C19H14FNO2. The van der Waals surface area contributed by atoms with E-state index in [9.17, 15) is 14.4 Å². The number of esters is 1. The predicted octanol–water partition coefficient (Wildman–Crippen LogP) is 4.21. The third-order valence-corrected chi connectivity index (χ3v) is 3.60. The Hall–Kier alpha value is -2.93. The van der Waals surface area contributed by atoms with Gasteiger partial charge >= 0.3 is 5.97 Å². The average molecular weight is 307 g/mol. The van der Waals surface area contributed by atoms with E-state index in [1.54, 1.807) is 48.5 Å². The number of rotatable bonds is 4. The van der Waals surface area contributed by atoms with E-state index in [0.717, 1.165) is 18.4 Å². The Morgan fingerprint density at radius 1 is 1.17 bits per heavy atom. The summed E-state index contributed by atoms with van der Waals surface area (Å²) in [5.74, 6) is -0.114. The molecule has 0 N–H and O–H groups in total. The summed E-state index contributed by atoms with van der Waals surface area (Å²) in [6.45, 7) is 0. The maximum absolute atomic E-state index is 13.8. The highest BCUT2D eigenvalue weighted by atomic mass is 19.1. The highest BCUT2D eigenvalue weighted by molar-refractivity contribution is 5.89. The van der Waals surface area contributed by atoms with Gasteiger partial charge in [0, 0.05) is 5.56 Å². The number of allylic oxidation sites excluding steroid dienone is 1. The lowest BCUT2D eigenvalue weighted by molar-refractivity contribution is -0.135. The van der Waals surface area contributed by atoms with Crippen molar-refractivity contribution < 1.29 is 13.9 Å². The lowest BCUT2D eigenvalue weighted by Gasteiger charge is -2.04. The van der Waals surface area contributed by atoms with Crippen LogP contribution in [-0.2, 0) is 4.79 Å². The topological polar surface area (TPSA) is 50.1 Å². The molecule has 0 saturated heterocycles. The second-order valence-corrected chi connectivity index (χ2v) is 5.41. The molecule has 0 spiro atoms. The minimum Gasteiger partial charge on any atom is -0.426 e. The van der Waals surface area contributed by atoms with Crippen LogP contribution in [0.15, 0.2) is 48.5 Å². The van der Waals surface area contributed by atoms with E-state index in [-0.39, 0.29) is 23.0 Å². The number of benzene rings is 2. The van der Waals surface area contributed by atoms with Gasteiger partial charge in [0.05, 0.1) is 17.6 Å². The lowest BCUT2D eigenvalue weighted by atomic mass is 10.0. The van der Waals surface area contributed by atoms with Crippen molar-refractivity contribution in [3.8, 4) is 11.8 Å². The molecule has 23 heavy (non-hydrogen) atoms. The molecule has 0 heterocycles. The van der Waals surface area contributed by atoms with Crippen LogP contribution in [0.1, 0.15) is 24.0 Å². The number of halogens is 1. The first-order chi connectivity index (χ1) is 11.2. The minimum atomic E-state index is -0.435. The van der Waals surface area contributed by atoms with Gasteiger partial charge < -0.3 is 4.74 Å². The first-order valence-corrected chi connectivity index (χ1v) is 7.36. The number of hydrogen-bond acceptors (Lipinski definition) is 3. The second kappa shape index (κ2) is 6.45. The average Bonchev–Trinajstić information content (AvgIpc) is 3.40. The van der Waals surface area contributed by atoms with Gasteiger partial charge in [-0.05, 0) is 42.7 Å². The van der Waals surface area contributed by atoms with Gasteiger partial charge in [0.1, 0.15) is 11.6 Å². The molecule has 1 aliphatic carbocycles. The summed E-state index contributed by atoms with van der Waals surface area (Å²) in [6, 6.07) is 15.0. The second-order valence-electron chi connectivity index (χ2n) is 5.41. The van der Waals surface area contributed by atoms with Crippen LogP contribution >= 0.6 is 0 Å². The first-order valence-electron chi connectivity index (χ1n) is 7.36. The van der Waals surface area contributed by atoms with E-state index in [4.69, 9.17) is 4.74 Å². The number of carbonyl (C=O) groups excluding carboxylic acids is 1. The van der Waals surface area contributed by atoms with Crippen molar-refractivity contribution in [1.29, 1.82) is 5.26 Å². The largest absolute Gasteiger partial charge is 0.426 e. The number of ether oxygens (including phenoxy) is 1. The van der Waals surface area contributed by atoms with Gasteiger partial charge in [-0.2, -0.15) is 5.26 Å². The summed E-state index contributed by atoms with van der Waals surface area (Å²) < 4.78 is 19.0. The molecule has 0 aromatic heterocycles. The molecule has 3 rings (SSSR count). The van der Waals surface area contributed by atoms with Crippen LogP contribution < -0.4 is 4.74 Å². The van der Waals surface area contributed by atoms with Crippen LogP contribution in [-0.4, -0.2) is 5.97 Å². The molecule has 2 aromatic rings. The van der Waals surface area contributed by atoms with Crippen LogP contribution in [0.4, 0.5) is 4.39 Å². The fraction of sp³-hybridized carbons (Fsp3) is 0.158. The number of nitriles is 1. The summed E-state index contributed by atoms with van der Waals surface area (Å²) in [6.07, 6.45) is 3.40. The van der Waals surface area contributed by atoms with Gasteiger partial charge in [-0.25, -0.2) is 4.39 Å². The van der Waals surface area contributed by atoms with E-state index in [0.29, 0.717) is 5.75 Å². The van der Waals surface area contributed by atoms with E-state index in [1.807, 2.05) is 6.07 Å². The van der Waals surface area contributed by atoms with E-state index in [2.05, 4.69) is 0 Å². The Morgan fingerprint density at radius 3 is 2.48 bits per heavy atom. The van der Waals surface area contributed by atoms with Crippen LogP contribution in [0, 0.1) is 23.1 Å². The smallest absolute Gasteiger partial charge is 0.314 e. The van der Waals surface area contributed by atoms with Crippen molar-refractivity contribution in [3.05, 3.63) is 65.5 Å². The summed E-state index contributed by atoms with van der Waals surface area (Å²) in [5, 5.41) is 9.25. The standard InChI is InChI=1S/C19H14FNO2/c20-18-4-2-1-3-17(18)15(12-21)11-13-5-9-16(10-6-13)23-19(22)14-7-8-14/h1-6,9-11,14H,7-8H2/b15-11-. The maximum Gasteiger partial charge on any atom is 0.314 e. The third-order valence-electron chi connectivity index (χ3n) is 3.60. The van der Waals surface area contributed by atoms with E-state index in [1.165, 1.54) is 6.07 Å². The molecule has 0 aliphatic heterocycles. The molecule has 0 radical (unpaired) electrons. The molecule has 0 amide bonds. The Labute approximate surface area is 133 Å². The molecular weight excluding hydrogens is 293 g/mol. The van der Waals surface area contributed by atoms with Crippen molar-refractivity contribution in [2.24, 2.45) is 5.92 Å². The van der Waals surface area contributed by atoms with Crippen molar-refractivity contribution in [1.82, 2.24) is 0 Å². The van der Waals surface area contributed by atoms with Crippen LogP contribution in [0.2, 0.25) is 0 Å². The number of hydrogen-bond donors (Lipinski definition) is 0. The molecule has 1 aliphatic rings. The monoisotopic (exact) mass is 307 g/mol. The quantitative estimate of drug-likeness (QED) is 0.368. The summed E-state index contributed by atoms with van der Waals surface area (Å²) in [5.41, 5.74) is 1.24. The SMILES string of the molecule is N#C/C(=C/c1ccc(OC(=O)C2CC2)cc1)c1ccccc1F. The van der Waals surface area contributed by atoms with Crippen LogP contribution in [0.25, 0.3) is 11.6 Å². The Kier molecular flexibility index (Phi) is 4.20. The molecule has 0 bridgehead atoms. The van der Waals surface area contributed by atoms with Crippen molar-refractivity contribution >= 4 is 17.6 Å². The molecule has 3 nitrogen and oxygen atoms in total. The first kappa shape index (κ1) is 15.0. The zero-order valence-corrected chi connectivity index (χ0v) is 12.3. The Bertz CT molecular complexity index is 799. The van der Waals surface area contributed by atoms with Crippen LogP contribution in [0.3, 0.4) is 0 Å². The molecule has 4 heteroatoms. The van der Waals surface area contributed by atoms with Gasteiger partial charge in [-0.3, -0.25) is 4.79 Å². The van der Waals surface area contributed by atoms with E-state index < -0.39 is 5.82 Å². The lowest BCUT2D eigenvalue weighted by Crippen LogP contribution is -2.09. The number of carbonyl (C=O) groups is 1. The zero-order valence-electron chi connectivity index (χ0n) is 12.3. The molecule has 0 unspecified atom stereocenters. The van der Waals surface area contributed by atoms with Gasteiger partial charge in [0.25, 0.3) is 0 Å². The molecule has 114 valence electrons. The minimum absolute atomic E-state index is 0.0424. The Morgan fingerprint density at radius 2 is 1.87 bits per heavy atom. The van der Waals surface area contributed by atoms with E-state index >= 15 is 0 Å². The van der Waals surface area contributed by atoms with Crippen LogP contribution in [0.5, 0.6) is 5.75 Å². The van der Waals surface area contributed by atoms with Crippen molar-refractivity contribution in [3.63, 3.8) is 0 Å². The summed E-state index contributed by atoms with van der Waals surface area (Å²) in [7, 11) is 0. The van der Waals surface area contributed by atoms with Crippen molar-refractivity contribution in [2.45, 2.75) is 12.8 Å². The summed E-state index contributed by atoms with van der Waals surface area (Å²) in [4.78, 5) is 11.6. The molecule has 1 saturated carbocycles. The van der Waals surface area contributed by atoms with Crippen molar-refractivity contribution in [2.75, 3.05) is 0 Å². The van der Waals surface area contributed by atoms with Gasteiger partial charge in [0.15, 0.2) is 0 Å². The third kappa shape index (κ3) is 3.64. The highest BCUT2D eigenvalue weighted by Gasteiger charge is 2.31. The fourth-order valence-corrected chi connectivity index (χ4v) is 2.17. The number of nitrogens with zero attached hydrogens (tertiary/aromatic N) is 1. The van der Waals surface area contributed by atoms with Gasteiger partial charge in [-0.1, -0.05) is 30.3 Å². The highest BCUT2D eigenvalue weighted by Crippen LogP contribution is 2.31. The molecule has 1 fully saturated rings. The Balaban J connectivity index is 1.79. The zero-order chi connectivity index (χ0) is 16.2. The predicted molar refractivity (Wildman–Crippen MR) is 84.7 cm³/mol. The molecule has 0 atom stereocenters. The normalized spacial score (nSPS) is 14.2. The van der Waals surface area contributed by atoms with Gasteiger partial charge in [0.2, 0.25) is 0 Å². The molecule has 2 aromatic carbocycles. The maximum atomic E-state index is 13.8. The fourth-order valence-electron chi connectivity index (χ4n) is 2.17. The van der Waals surface area contributed by atoms with Gasteiger partial charge in [-0.15, -0.1) is 0 Å². The summed E-state index contributed by atoms with van der Waals surface area (Å²) >= 11 is 0.